The number of aliphatic hydroxyl groups is 1. The summed E-state index contributed by atoms with van der Waals surface area (Å²) in [5.41, 5.74) is 0.780. The molecular formula is C13H20O3S. The van der Waals surface area contributed by atoms with E-state index in [0.29, 0.717) is 11.5 Å². The highest BCUT2D eigenvalue weighted by atomic mass is 32.2. The predicted molar refractivity (Wildman–Crippen MR) is 71.4 cm³/mol. The number of benzene rings is 1. The van der Waals surface area contributed by atoms with E-state index >= 15 is 0 Å². The molecule has 1 rings (SSSR count). The Morgan fingerprint density at radius 3 is 2.12 bits per heavy atom. The van der Waals surface area contributed by atoms with Crippen LogP contribution < -0.4 is 9.47 Å². The molecule has 0 unspecified atom stereocenters. The molecule has 1 aromatic carbocycles. The predicted octanol–water partition coefficient (Wildman–Crippen LogP) is 2.70. The van der Waals surface area contributed by atoms with Crippen molar-refractivity contribution in [1.29, 1.82) is 0 Å². The van der Waals surface area contributed by atoms with Crippen molar-refractivity contribution >= 4 is 11.8 Å². The Morgan fingerprint density at radius 1 is 1.18 bits per heavy atom. The van der Waals surface area contributed by atoms with Gasteiger partial charge in [-0.1, -0.05) is 13.8 Å². The van der Waals surface area contributed by atoms with Crippen LogP contribution in [0.3, 0.4) is 0 Å². The maximum atomic E-state index is 9.48. The Morgan fingerprint density at radius 2 is 1.71 bits per heavy atom. The third kappa shape index (κ3) is 2.87. The van der Waals surface area contributed by atoms with Gasteiger partial charge in [-0.3, -0.25) is 0 Å². The average molecular weight is 256 g/mol. The number of rotatable bonds is 5. The summed E-state index contributed by atoms with van der Waals surface area (Å²) in [7, 11) is 3.24. The number of methoxy groups -OCH3 is 2. The standard InChI is InChI=1S/C13H20O3S/c1-13(2,8-14)9-6-10(15-3)11(16-4)7-12(9)17-5/h6-7,14H,8H2,1-5H3. The van der Waals surface area contributed by atoms with E-state index in [1.807, 2.05) is 32.2 Å². The fraction of sp³-hybridized carbons (Fsp3) is 0.538. The summed E-state index contributed by atoms with van der Waals surface area (Å²) in [6.45, 7) is 4.11. The summed E-state index contributed by atoms with van der Waals surface area (Å²) in [5, 5.41) is 9.48. The van der Waals surface area contributed by atoms with Crippen LogP contribution in [0.25, 0.3) is 0 Å². The first-order chi connectivity index (χ1) is 8.00. The van der Waals surface area contributed by atoms with Gasteiger partial charge in [0.05, 0.1) is 20.8 Å². The normalized spacial score (nSPS) is 11.4. The van der Waals surface area contributed by atoms with Gasteiger partial charge in [-0.15, -0.1) is 11.8 Å². The molecule has 0 aliphatic rings. The van der Waals surface area contributed by atoms with E-state index in [-0.39, 0.29) is 12.0 Å². The van der Waals surface area contributed by atoms with Crippen LogP contribution >= 0.6 is 11.8 Å². The van der Waals surface area contributed by atoms with Crippen molar-refractivity contribution in [1.82, 2.24) is 0 Å². The maximum Gasteiger partial charge on any atom is 0.161 e. The number of hydrogen-bond donors (Lipinski definition) is 1. The largest absolute Gasteiger partial charge is 0.493 e. The Balaban J connectivity index is 3.38. The molecule has 0 aromatic heterocycles. The quantitative estimate of drug-likeness (QED) is 0.822. The van der Waals surface area contributed by atoms with Gasteiger partial charge in [0.2, 0.25) is 0 Å². The third-order valence-electron chi connectivity index (χ3n) is 2.83. The highest BCUT2D eigenvalue weighted by Gasteiger charge is 2.24. The van der Waals surface area contributed by atoms with Crippen LogP contribution in [0.15, 0.2) is 17.0 Å². The van der Waals surface area contributed by atoms with Crippen LogP contribution in [-0.2, 0) is 5.41 Å². The molecule has 0 heterocycles. The zero-order valence-corrected chi connectivity index (χ0v) is 11.9. The van der Waals surface area contributed by atoms with Crippen LogP contribution in [0.1, 0.15) is 19.4 Å². The minimum absolute atomic E-state index is 0.0933. The van der Waals surface area contributed by atoms with Crippen LogP contribution in [0, 0.1) is 0 Å². The lowest BCUT2D eigenvalue weighted by atomic mass is 9.85. The van der Waals surface area contributed by atoms with E-state index in [9.17, 15) is 5.11 Å². The van der Waals surface area contributed by atoms with Crippen molar-refractivity contribution in [2.24, 2.45) is 0 Å². The molecule has 0 spiro atoms. The third-order valence-corrected chi connectivity index (χ3v) is 3.61. The van der Waals surface area contributed by atoms with Gasteiger partial charge in [-0.05, 0) is 24.0 Å². The molecule has 0 fully saturated rings. The van der Waals surface area contributed by atoms with Crippen molar-refractivity contribution < 1.29 is 14.6 Å². The minimum atomic E-state index is -0.294. The van der Waals surface area contributed by atoms with Crippen molar-refractivity contribution in [3.8, 4) is 11.5 Å². The Bertz CT molecular complexity index is 388. The van der Waals surface area contributed by atoms with Gasteiger partial charge < -0.3 is 14.6 Å². The number of hydrogen-bond acceptors (Lipinski definition) is 4. The lowest BCUT2D eigenvalue weighted by molar-refractivity contribution is 0.216. The van der Waals surface area contributed by atoms with Gasteiger partial charge in [0.25, 0.3) is 0 Å². The van der Waals surface area contributed by atoms with E-state index in [2.05, 4.69) is 0 Å². The molecule has 0 aliphatic carbocycles. The Labute approximate surface area is 107 Å². The molecule has 4 heteroatoms. The monoisotopic (exact) mass is 256 g/mol. The first-order valence-corrected chi connectivity index (χ1v) is 6.64. The molecule has 0 radical (unpaired) electrons. The summed E-state index contributed by atoms with van der Waals surface area (Å²) in [5.74, 6) is 1.41. The molecule has 3 nitrogen and oxygen atoms in total. The summed E-state index contributed by atoms with van der Waals surface area (Å²) in [6, 6.07) is 3.90. The van der Waals surface area contributed by atoms with Gasteiger partial charge in [-0.25, -0.2) is 0 Å². The van der Waals surface area contributed by atoms with E-state index in [4.69, 9.17) is 9.47 Å². The zero-order valence-electron chi connectivity index (χ0n) is 11.0. The van der Waals surface area contributed by atoms with Crippen molar-refractivity contribution in [2.45, 2.75) is 24.2 Å². The molecule has 0 amide bonds. The molecule has 1 N–H and O–H groups in total. The van der Waals surface area contributed by atoms with Crippen LogP contribution in [0.5, 0.6) is 11.5 Å². The van der Waals surface area contributed by atoms with Crippen LogP contribution in [0.2, 0.25) is 0 Å². The highest BCUT2D eigenvalue weighted by Crippen LogP contribution is 2.39. The maximum absolute atomic E-state index is 9.48. The van der Waals surface area contributed by atoms with E-state index in [1.54, 1.807) is 26.0 Å². The van der Waals surface area contributed by atoms with E-state index in [0.717, 1.165) is 10.5 Å². The average Bonchev–Trinajstić information content (AvgIpc) is 2.36. The summed E-state index contributed by atoms with van der Waals surface area (Å²) in [6.07, 6.45) is 2.01. The van der Waals surface area contributed by atoms with Gasteiger partial charge in [0.15, 0.2) is 11.5 Å². The SMILES string of the molecule is COc1cc(SC)c(C(C)(C)CO)cc1OC. The minimum Gasteiger partial charge on any atom is -0.493 e. The Hall–Kier alpha value is -0.870. The number of thioether (sulfide) groups is 1. The van der Waals surface area contributed by atoms with Crippen molar-refractivity contribution in [3.63, 3.8) is 0 Å². The molecule has 0 saturated carbocycles. The molecule has 0 bridgehead atoms. The number of aliphatic hydroxyl groups excluding tert-OH is 1. The smallest absolute Gasteiger partial charge is 0.161 e. The second-order valence-electron chi connectivity index (χ2n) is 4.45. The molecule has 1 aromatic rings. The first-order valence-electron chi connectivity index (χ1n) is 5.41. The van der Waals surface area contributed by atoms with Gasteiger partial charge >= 0.3 is 0 Å². The lowest BCUT2D eigenvalue weighted by Gasteiger charge is -2.26. The molecule has 17 heavy (non-hydrogen) atoms. The first kappa shape index (κ1) is 14.2. The number of ether oxygens (including phenoxy) is 2. The summed E-state index contributed by atoms with van der Waals surface area (Å²) < 4.78 is 10.6. The summed E-state index contributed by atoms with van der Waals surface area (Å²) >= 11 is 1.64. The summed E-state index contributed by atoms with van der Waals surface area (Å²) in [4.78, 5) is 1.10. The highest BCUT2D eigenvalue weighted by molar-refractivity contribution is 7.98. The zero-order chi connectivity index (χ0) is 13.1. The van der Waals surface area contributed by atoms with Gasteiger partial charge in [0.1, 0.15) is 0 Å². The second-order valence-corrected chi connectivity index (χ2v) is 5.30. The fourth-order valence-electron chi connectivity index (χ4n) is 1.64. The van der Waals surface area contributed by atoms with Crippen molar-refractivity contribution in [2.75, 3.05) is 27.1 Å². The van der Waals surface area contributed by atoms with Gasteiger partial charge in [0, 0.05) is 10.3 Å². The van der Waals surface area contributed by atoms with Gasteiger partial charge in [-0.2, -0.15) is 0 Å². The van der Waals surface area contributed by atoms with Crippen LogP contribution in [-0.4, -0.2) is 32.2 Å². The topological polar surface area (TPSA) is 38.7 Å². The molecule has 96 valence electrons. The Kier molecular flexibility index (Phi) is 4.71. The van der Waals surface area contributed by atoms with Crippen LogP contribution in [0.4, 0.5) is 0 Å². The van der Waals surface area contributed by atoms with E-state index in [1.165, 1.54) is 0 Å². The fourth-order valence-corrected chi connectivity index (χ4v) is 2.42. The molecule has 0 saturated heterocycles. The molecule has 0 atom stereocenters. The van der Waals surface area contributed by atoms with Crippen molar-refractivity contribution in [3.05, 3.63) is 17.7 Å². The molecular weight excluding hydrogens is 236 g/mol. The van der Waals surface area contributed by atoms with E-state index < -0.39 is 0 Å². The molecule has 0 aliphatic heterocycles. The lowest BCUT2D eigenvalue weighted by Crippen LogP contribution is -2.23. The second kappa shape index (κ2) is 5.65.